The second-order valence-electron chi connectivity index (χ2n) is 7.54. The lowest BCUT2D eigenvalue weighted by Crippen LogP contribution is -2.49. The summed E-state index contributed by atoms with van der Waals surface area (Å²) in [4.78, 5) is 15.2. The number of amides is 2. The molecule has 1 fully saturated rings. The van der Waals surface area contributed by atoms with Gasteiger partial charge in [0.05, 0.1) is 11.6 Å². The zero-order valence-electron chi connectivity index (χ0n) is 16.0. The molecule has 0 bridgehead atoms. The molecule has 3 rings (SSSR count). The van der Waals surface area contributed by atoms with Gasteiger partial charge in [-0.3, -0.25) is 0 Å². The van der Waals surface area contributed by atoms with Gasteiger partial charge in [0.15, 0.2) is 0 Å². The van der Waals surface area contributed by atoms with Crippen LogP contribution >= 0.6 is 15.9 Å². The molecular formula is C23H27BrN2O. The van der Waals surface area contributed by atoms with Crippen LogP contribution in [-0.4, -0.2) is 17.5 Å². The predicted octanol–water partition coefficient (Wildman–Crippen LogP) is 6.18. The fourth-order valence-corrected chi connectivity index (χ4v) is 4.27. The smallest absolute Gasteiger partial charge is 0.318 e. The van der Waals surface area contributed by atoms with E-state index in [-0.39, 0.29) is 12.1 Å². The fourth-order valence-electron chi connectivity index (χ4n) is 4.01. The number of hydrogen-bond donors (Lipinski definition) is 1. The molecule has 2 atom stereocenters. The molecule has 0 radical (unpaired) electrons. The number of nitrogens with zero attached hydrogens (tertiary/aromatic N) is 1. The predicted molar refractivity (Wildman–Crippen MR) is 115 cm³/mol. The van der Waals surface area contributed by atoms with E-state index < -0.39 is 5.54 Å². The Kier molecular flexibility index (Phi) is 6.05. The summed E-state index contributed by atoms with van der Waals surface area (Å²) in [6.07, 6.45) is 2.60. The molecule has 0 aliphatic carbocycles. The third-order valence-electron chi connectivity index (χ3n) is 5.36. The number of rotatable bonds is 5. The average Bonchev–Trinajstić information content (AvgIpc) is 2.81. The first-order valence-electron chi connectivity index (χ1n) is 9.45. The summed E-state index contributed by atoms with van der Waals surface area (Å²) in [5.74, 6) is 0. The quantitative estimate of drug-likeness (QED) is 0.568. The molecule has 0 saturated carbocycles. The van der Waals surface area contributed by atoms with Crippen molar-refractivity contribution in [3.63, 3.8) is 0 Å². The highest BCUT2D eigenvalue weighted by atomic mass is 79.9. The second kappa shape index (κ2) is 8.30. The van der Waals surface area contributed by atoms with E-state index in [2.05, 4.69) is 59.0 Å². The molecule has 0 spiro atoms. The highest BCUT2D eigenvalue weighted by Gasteiger charge is 2.38. The zero-order valence-corrected chi connectivity index (χ0v) is 17.6. The highest BCUT2D eigenvalue weighted by molar-refractivity contribution is 9.10. The molecule has 27 heavy (non-hydrogen) atoms. The topological polar surface area (TPSA) is 32.3 Å². The lowest BCUT2D eigenvalue weighted by molar-refractivity contribution is 0.177. The molecular weight excluding hydrogens is 400 g/mol. The Bertz CT molecular complexity index is 803. The van der Waals surface area contributed by atoms with Gasteiger partial charge in [-0.2, -0.15) is 0 Å². The number of nitrogens with one attached hydrogen (secondary N) is 1. The Morgan fingerprint density at radius 3 is 2.52 bits per heavy atom. The Morgan fingerprint density at radius 2 is 1.89 bits per heavy atom. The minimum Gasteiger partial charge on any atom is -0.328 e. The first-order chi connectivity index (χ1) is 12.9. The van der Waals surface area contributed by atoms with Gasteiger partial charge in [0.2, 0.25) is 0 Å². The van der Waals surface area contributed by atoms with E-state index in [4.69, 9.17) is 0 Å². The monoisotopic (exact) mass is 426 g/mol. The lowest BCUT2D eigenvalue weighted by Gasteiger charge is -2.35. The molecule has 1 aliphatic heterocycles. The molecule has 3 nitrogen and oxygen atoms in total. The Labute approximate surface area is 170 Å². The van der Waals surface area contributed by atoms with E-state index in [1.807, 2.05) is 42.2 Å². The van der Waals surface area contributed by atoms with E-state index in [9.17, 15) is 4.79 Å². The molecule has 1 aliphatic rings. The lowest BCUT2D eigenvalue weighted by atomic mass is 9.81. The number of carbonyl (C=O) groups is 1. The third kappa shape index (κ3) is 4.44. The number of halogens is 1. The molecule has 4 heteroatoms. The van der Waals surface area contributed by atoms with E-state index in [1.54, 1.807) is 0 Å². The second-order valence-corrected chi connectivity index (χ2v) is 8.45. The van der Waals surface area contributed by atoms with Crippen molar-refractivity contribution >= 4 is 22.0 Å². The van der Waals surface area contributed by atoms with E-state index in [1.165, 1.54) is 0 Å². The van der Waals surface area contributed by atoms with E-state index >= 15 is 0 Å². The Hall–Kier alpha value is -2.07. The summed E-state index contributed by atoms with van der Waals surface area (Å²) in [5, 5.41) is 3.37. The molecule has 1 heterocycles. The molecule has 2 aromatic rings. The number of urea groups is 1. The standard InChI is InChI=1S/C23H27BrN2O/c1-17(2)16-23(20-8-5-4-6-9-20)14-7-15-26(22(27)25-23)18(3)19-10-12-21(24)13-11-19/h4-6,8-13,18H,1,7,14-16H2,2-3H3,(H,25,27)/t18-,23?/m0/s1. The van der Waals surface area contributed by atoms with Crippen LogP contribution in [0, 0.1) is 0 Å². The van der Waals surface area contributed by atoms with Crippen LogP contribution < -0.4 is 5.32 Å². The molecule has 1 unspecified atom stereocenters. The van der Waals surface area contributed by atoms with Crippen LogP contribution in [0.1, 0.15) is 50.3 Å². The van der Waals surface area contributed by atoms with Gasteiger partial charge in [0, 0.05) is 11.0 Å². The normalized spacial score (nSPS) is 21.3. The Morgan fingerprint density at radius 1 is 1.22 bits per heavy atom. The minimum atomic E-state index is -0.391. The van der Waals surface area contributed by atoms with Crippen LogP contribution in [0.25, 0.3) is 0 Å². The number of hydrogen-bond acceptors (Lipinski definition) is 1. The largest absolute Gasteiger partial charge is 0.328 e. The number of carbonyl (C=O) groups excluding carboxylic acids is 1. The summed E-state index contributed by atoms with van der Waals surface area (Å²) in [6.45, 7) is 8.99. The summed E-state index contributed by atoms with van der Waals surface area (Å²) >= 11 is 3.48. The van der Waals surface area contributed by atoms with E-state index in [0.29, 0.717) is 0 Å². The third-order valence-corrected chi connectivity index (χ3v) is 5.89. The molecule has 0 aromatic heterocycles. The van der Waals surface area contributed by atoms with Gasteiger partial charge >= 0.3 is 6.03 Å². The molecule has 142 valence electrons. The Balaban J connectivity index is 1.89. The van der Waals surface area contributed by atoms with Crippen LogP contribution in [-0.2, 0) is 5.54 Å². The molecule has 2 amide bonds. The summed E-state index contributed by atoms with van der Waals surface area (Å²) in [5.41, 5.74) is 2.98. The SMILES string of the molecule is C=C(C)CC1(c2ccccc2)CCCN([C@@H](C)c2ccc(Br)cc2)C(=O)N1. The fraction of sp³-hybridized carbons (Fsp3) is 0.348. The maximum atomic E-state index is 13.2. The minimum absolute atomic E-state index is 0.00646. The first kappa shape index (κ1) is 19.7. The van der Waals surface area contributed by atoms with Crippen LogP contribution in [0.5, 0.6) is 0 Å². The first-order valence-corrected chi connectivity index (χ1v) is 10.2. The maximum Gasteiger partial charge on any atom is 0.318 e. The van der Waals surface area contributed by atoms with Gasteiger partial charge in [0.25, 0.3) is 0 Å². The van der Waals surface area contributed by atoms with Gasteiger partial charge < -0.3 is 10.2 Å². The van der Waals surface area contributed by atoms with E-state index in [0.717, 1.165) is 47.0 Å². The van der Waals surface area contributed by atoms with Crippen molar-refractivity contribution < 1.29 is 4.79 Å². The maximum absolute atomic E-state index is 13.2. The van der Waals surface area contributed by atoms with Crippen molar-refractivity contribution in [3.8, 4) is 0 Å². The van der Waals surface area contributed by atoms with Crippen LogP contribution in [0.4, 0.5) is 4.79 Å². The molecule has 1 N–H and O–H groups in total. The van der Waals surface area contributed by atoms with Gasteiger partial charge in [0.1, 0.15) is 0 Å². The highest BCUT2D eigenvalue weighted by Crippen LogP contribution is 2.36. The van der Waals surface area contributed by atoms with Crippen molar-refractivity contribution in [2.24, 2.45) is 0 Å². The number of benzene rings is 2. The van der Waals surface area contributed by atoms with Gasteiger partial charge in [-0.25, -0.2) is 4.79 Å². The average molecular weight is 427 g/mol. The summed E-state index contributed by atoms with van der Waals surface area (Å²) in [6, 6.07) is 18.5. The van der Waals surface area contributed by atoms with Gasteiger partial charge in [-0.15, -0.1) is 6.58 Å². The van der Waals surface area contributed by atoms with Crippen molar-refractivity contribution in [1.29, 1.82) is 0 Å². The van der Waals surface area contributed by atoms with Gasteiger partial charge in [-0.05, 0) is 56.4 Å². The molecule has 1 saturated heterocycles. The summed E-state index contributed by atoms with van der Waals surface area (Å²) < 4.78 is 1.04. The molecule has 2 aromatic carbocycles. The van der Waals surface area contributed by atoms with Crippen LogP contribution in [0.2, 0.25) is 0 Å². The van der Waals surface area contributed by atoms with Crippen molar-refractivity contribution in [3.05, 3.63) is 82.3 Å². The summed E-state index contributed by atoms with van der Waals surface area (Å²) in [7, 11) is 0. The van der Waals surface area contributed by atoms with Crippen LogP contribution in [0.15, 0.2) is 71.2 Å². The zero-order chi connectivity index (χ0) is 19.4. The van der Waals surface area contributed by atoms with Crippen LogP contribution in [0.3, 0.4) is 0 Å². The van der Waals surface area contributed by atoms with Crippen molar-refractivity contribution in [1.82, 2.24) is 10.2 Å². The van der Waals surface area contributed by atoms with Gasteiger partial charge in [-0.1, -0.05) is 64.0 Å². The van der Waals surface area contributed by atoms with Crippen molar-refractivity contribution in [2.45, 2.75) is 44.7 Å². The van der Waals surface area contributed by atoms with Crippen molar-refractivity contribution in [2.75, 3.05) is 6.54 Å².